The van der Waals surface area contributed by atoms with E-state index in [1.54, 1.807) is 16.9 Å². The summed E-state index contributed by atoms with van der Waals surface area (Å²) in [7, 11) is 0. The number of anilines is 2. The number of unbranched alkanes of at least 4 members (excludes halogenated alkanes) is 2. The number of nitrogens with zero attached hydrogens (tertiary/aromatic N) is 3. The summed E-state index contributed by atoms with van der Waals surface area (Å²) in [5.41, 5.74) is 8.98. The molecule has 7 nitrogen and oxygen atoms in total. The van der Waals surface area contributed by atoms with Crippen molar-refractivity contribution < 1.29 is 9.63 Å². The second-order valence-corrected chi connectivity index (χ2v) is 12.4. The average Bonchev–Trinajstić information content (AvgIpc) is 3.80. The van der Waals surface area contributed by atoms with E-state index in [-0.39, 0.29) is 11.6 Å². The van der Waals surface area contributed by atoms with E-state index in [0.717, 1.165) is 71.5 Å². The quantitative estimate of drug-likeness (QED) is 0.152. The monoisotopic (exact) mass is 609 g/mol. The van der Waals surface area contributed by atoms with Gasteiger partial charge in [-0.2, -0.15) is 4.73 Å². The van der Waals surface area contributed by atoms with E-state index in [9.17, 15) is 4.79 Å². The third-order valence-electron chi connectivity index (χ3n) is 8.96. The Labute approximate surface area is 269 Å². The summed E-state index contributed by atoms with van der Waals surface area (Å²) in [4.78, 5) is 23.4. The van der Waals surface area contributed by atoms with Crippen LogP contribution in [0.25, 0.3) is 28.0 Å². The SMILES string of the molecule is CCCCCC1(Cc2cccc3c2ccn3OC(=O)c2ccccc2)Nc2cc(-c3nccn3-c3ccc(C)cc3)cc(C)c2N1. The van der Waals surface area contributed by atoms with E-state index in [2.05, 4.69) is 78.4 Å². The number of imidazole rings is 1. The van der Waals surface area contributed by atoms with E-state index >= 15 is 0 Å². The zero-order valence-electron chi connectivity index (χ0n) is 26.6. The molecule has 0 saturated heterocycles. The molecular weight excluding hydrogens is 570 g/mol. The number of rotatable bonds is 10. The Morgan fingerprint density at radius 2 is 1.72 bits per heavy atom. The maximum Gasteiger partial charge on any atom is 0.363 e. The van der Waals surface area contributed by atoms with Gasteiger partial charge in [0.25, 0.3) is 0 Å². The van der Waals surface area contributed by atoms with Gasteiger partial charge in [0.1, 0.15) is 11.5 Å². The van der Waals surface area contributed by atoms with Gasteiger partial charge in [-0.3, -0.25) is 4.57 Å². The molecule has 0 radical (unpaired) electrons. The zero-order chi connectivity index (χ0) is 31.7. The molecule has 0 fully saturated rings. The first-order valence-electron chi connectivity index (χ1n) is 16.1. The van der Waals surface area contributed by atoms with Crippen LogP contribution in [0.15, 0.2) is 110 Å². The van der Waals surface area contributed by atoms with E-state index in [0.29, 0.717) is 5.56 Å². The molecule has 1 atom stereocenters. The van der Waals surface area contributed by atoms with Crippen LogP contribution in [0.4, 0.5) is 11.4 Å². The molecule has 1 aliphatic rings. The van der Waals surface area contributed by atoms with Gasteiger partial charge < -0.3 is 15.5 Å². The summed E-state index contributed by atoms with van der Waals surface area (Å²) < 4.78 is 3.72. The first-order valence-corrected chi connectivity index (χ1v) is 16.1. The largest absolute Gasteiger partial charge is 0.363 e. The van der Waals surface area contributed by atoms with Gasteiger partial charge in [-0.25, -0.2) is 9.78 Å². The van der Waals surface area contributed by atoms with Crippen LogP contribution in [0.5, 0.6) is 0 Å². The number of carbonyl (C=O) groups is 1. The standard InChI is InChI=1S/C39H39N5O2/c1-4-5-9-20-39(26-30-13-10-14-35-33(30)19-22-44(35)46-38(45)29-11-7-6-8-12-29)41-34-25-31(24-28(3)36(34)42-39)37-40-21-23-43(37)32-17-15-27(2)16-18-32/h6-8,10-19,21-25,41-42H,4-5,9,20,26H2,1-3H3. The van der Waals surface area contributed by atoms with Gasteiger partial charge in [-0.1, -0.05) is 67.8 Å². The highest BCUT2D eigenvalue weighted by atomic mass is 16.7. The number of carbonyl (C=O) groups excluding carboxylic acids is 1. The van der Waals surface area contributed by atoms with Gasteiger partial charge in [0, 0.05) is 41.6 Å². The predicted molar refractivity (Wildman–Crippen MR) is 186 cm³/mol. The highest BCUT2D eigenvalue weighted by Crippen LogP contribution is 2.43. The van der Waals surface area contributed by atoms with Crippen molar-refractivity contribution in [2.75, 3.05) is 10.6 Å². The Kier molecular flexibility index (Phi) is 7.83. The van der Waals surface area contributed by atoms with Gasteiger partial charge >= 0.3 is 5.97 Å². The molecule has 0 bridgehead atoms. The Bertz CT molecular complexity index is 2010. The molecule has 6 aromatic rings. The molecule has 7 rings (SSSR count). The fourth-order valence-corrected chi connectivity index (χ4v) is 6.60. The zero-order valence-corrected chi connectivity index (χ0v) is 26.6. The van der Waals surface area contributed by atoms with Crippen LogP contribution in [0, 0.1) is 13.8 Å². The van der Waals surface area contributed by atoms with Crippen LogP contribution < -0.4 is 15.5 Å². The van der Waals surface area contributed by atoms with Crippen molar-refractivity contribution >= 4 is 28.2 Å². The number of hydrogen-bond donors (Lipinski definition) is 2. The van der Waals surface area contributed by atoms with Crippen LogP contribution in [-0.2, 0) is 6.42 Å². The molecule has 0 saturated carbocycles. The highest BCUT2D eigenvalue weighted by molar-refractivity contribution is 5.91. The van der Waals surface area contributed by atoms with E-state index in [1.807, 2.05) is 55.0 Å². The highest BCUT2D eigenvalue weighted by Gasteiger charge is 2.37. The van der Waals surface area contributed by atoms with Crippen molar-refractivity contribution in [1.82, 2.24) is 14.3 Å². The van der Waals surface area contributed by atoms with Crippen LogP contribution in [0.3, 0.4) is 0 Å². The van der Waals surface area contributed by atoms with Crippen LogP contribution in [0.1, 0.15) is 59.7 Å². The van der Waals surface area contributed by atoms with Crippen molar-refractivity contribution in [2.24, 2.45) is 0 Å². The fourth-order valence-electron chi connectivity index (χ4n) is 6.60. The second kappa shape index (κ2) is 12.2. The Morgan fingerprint density at radius 1 is 0.891 bits per heavy atom. The molecule has 4 aromatic carbocycles. The minimum atomic E-state index is -0.386. The first-order chi connectivity index (χ1) is 22.4. The number of nitrogens with one attached hydrogen (secondary N) is 2. The summed E-state index contributed by atoms with van der Waals surface area (Å²) in [6.45, 7) is 6.51. The maximum atomic E-state index is 12.8. The Morgan fingerprint density at radius 3 is 2.52 bits per heavy atom. The third-order valence-corrected chi connectivity index (χ3v) is 8.96. The van der Waals surface area contributed by atoms with Crippen molar-refractivity contribution in [3.05, 3.63) is 132 Å². The van der Waals surface area contributed by atoms with E-state index < -0.39 is 0 Å². The van der Waals surface area contributed by atoms with E-state index in [4.69, 9.17) is 9.82 Å². The van der Waals surface area contributed by atoms with Crippen molar-refractivity contribution in [1.29, 1.82) is 0 Å². The summed E-state index contributed by atoms with van der Waals surface area (Å²) in [6, 6.07) is 30.3. The van der Waals surface area contributed by atoms with Crippen molar-refractivity contribution in [3.8, 4) is 17.1 Å². The molecule has 0 spiro atoms. The van der Waals surface area contributed by atoms with Crippen molar-refractivity contribution in [3.63, 3.8) is 0 Å². The summed E-state index contributed by atoms with van der Waals surface area (Å²) in [5.74, 6) is 0.527. The molecular formula is C39H39N5O2. The molecule has 0 aliphatic carbocycles. The minimum Gasteiger partial charge on any atom is -0.361 e. The fraction of sp³-hybridized carbons (Fsp3) is 0.231. The number of aromatic nitrogens is 3. The molecule has 3 heterocycles. The number of benzene rings is 4. The predicted octanol–water partition coefficient (Wildman–Crippen LogP) is 8.74. The van der Waals surface area contributed by atoms with Crippen LogP contribution in [0.2, 0.25) is 0 Å². The normalized spacial score (nSPS) is 15.4. The van der Waals surface area contributed by atoms with E-state index in [1.165, 1.54) is 16.7 Å². The Balaban J connectivity index is 1.20. The number of fused-ring (bicyclic) bond motifs is 2. The lowest BCUT2D eigenvalue weighted by atomic mass is 9.92. The topological polar surface area (TPSA) is 73.1 Å². The summed E-state index contributed by atoms with van der Waals surface area (Å²) in [6.07, 6.45) is 10.8. The van der Waals surface area contributed by atoms with Gasteiger partial charge in [-0.05, 0) is 86.3 Å². The average molecular weight is 610 g/mol. The number of hydrogen-bond acceptors (Lipinski definition) is 5. The van der Waals surface area contributed by atoms with Gasteiger partial charge in [0.2, 0.25) is 0 Å². The molecule has 7 heteroatoms. The first kappa shape index (κ1) is 29.4. The smallest absolute Gasteiger partial charge is 0.361 e. The molecule has 1 unspecified atom stereocenters. The van der Waals surface area contributed by atoms with Gasteiger partial charge in [-0.15, -0.1) is 0 Å². The lowest BCUT2D eigenvalue weighted by Crippen LogP contribution is -2.44. The van der Waals surface area contributed by atoms with Crippen LogP contribution in [-0.4, -0.2) is 25.9 Å². The molecule has 232 valence electrons. The molecule has 2 aromatic heterocycles. The minimum absolute atomic E-state index is 0.371. The summed E-state index contributed by atoms with van der Waals surface area (Å²) >= 11 is 0. The maximum absolute atomic E-state index is 12.8. The molecule has 2 N–H and O–H groups in total. The van der Waals surface area contributed by atoms with Crippen LogP contribution >= 0.6 is 0 Å². The van der Waals surface area contributed by atoms with Gasteiger partial charge in [0.15, 0.2) is 0 Å². The third kappa shape index (κ3) is 5.65. The molecule has 0 amide bonds. The summed E-state index contributed by atoms with van der Waals surface area (Å²) in [5, 5.41) is 8.96. The molecule has 46 heavy (non-hydrogen) atoms. The van der Waals surface area contributed by atoms with Gasteiger partial charge in [0.05, 0.1) is 22.5 Å². The lowest BCUT2D eigenvalue weighted by Gasteiger charge is -2.32. The number of aryl methyl sites for hydroxylation is 2. The van der Waals surface area contributed by atoms with Crippen molar-refractivity contribution in [2.45, 2.75) is 58.5 Å². The lowest BCUT2D eigenvalue weighted by molar-refractivity contribution is 0.0483. The Hall–Kier alpha value is -5.30. The molecule has 1 aliphatic heterocycles. The second-order valence-electron chi connectivity index (χ2n) is 12.4.